The molecule has 0 aliphatic heterocycles. The van der Waals surface area contributed by atoms with E-state index in [1.807, 2.05) is 19.1 Å². The lowest BCUT2D eigenvalue weighted by Gasteiger charge is -2.11. The maximum absolute atomic E-state index is 11.2. The molecule has 1 heterocycles. The number of carbonyl (C=O) groups excluding carboxylic acids is 1. The third kappa shape index (κ3) is 6.44. The number of halogens is 1. The van der Waals surface area contributed by atoms with E-state index in [0.717, 1.165) is 29.2 Å². The zero-order valence-corrected chi connectivity index (χ0v) is 16.9. The van der Waals surface area contributed by atoms with Crippen molar-refractivity contribution in [2.45, 2.75) is 19.9 Å². The van der Waals surface area contributed by atoms with Crippen molar-refractivity contribution in [3.8, 4) is 0 Å². The van der Waals surface area contributed by atoms with Crippen LogP contribution in [0.1, 0.15) is 26.6 Å². The second-order valence-corrected chi connectivity index (χ2v) is 6.09. The number of carbonyl (C=O) groups is 1. The maximum atomic E-state index is 11.2. The number of aryl methyl sites for hydroxylation is 1. The van der Waals surface area contributed by atoms with Gasteiger partial charge in [0.05, 0.1) is 10.7 Å². The first kappa shape index (κ1) is 20.4. The van der Waals surface area contributed by atoms with Gasteiger partial charge in [0, 0.05) is 37.5 Å². The molecule has 0 aliphatic rings. The van der Waals surface area contributed by atoms with Gasteiger partial charge in [0.25, 0.3) is 0 Å². The molecule has 0 atom stereocenters. The average Bonchev–Trinajstić information content (AvgIpc) is 2.96. The van der Waals surface area contributed by atoms with Crippen LogP contribution in [0.2, 0.25) is 0 Å². The predicted octanol–water partition coefficient (Wildman–Crippen LogP) is 2.08. The van der Waals surface area contributed by atoms with Crippen LogP contribution in [0, 0.1) is 6.92 Å². The van der Waals surface area contributed by atoms with Gasteiger partial charge in [-0.05, 0) is 24.6 Å². The number of hydrogen-bond acceptors (Lipinski definition) is 4. The molecule has 0 fully saturated rings. The lowest BCUT2D eigenvalue weighted by atomic mass is 10.1. The van der Waals surface area contributed by atoms with Crippen LogP contribution in [0.5, 0.6) is 0 Å². The number of nitrogens with zero attached hydrogens (tertiary/aromatic N) is 2. The van der Waals surface area contributed by atoms with Crippen LogP contribution in [-0.2, 0) is 13.0 Å². The van der Waals surface area contributed by atoms with Crippen LogP contribution in [-0.4, -0.2) is 30.4 Å². The molecule has 0 bridgehead atoms. The van der Waals surface area contributed by atoms with E-state index in [1.54, 1.807) is 30.5 Å². The van der Waals surface area contributed by atoms with E-state index in [1.165, 1.54) is 0 Å². The van der Waals surface area contributed by atoms with Crippen molar-refractivity contribution in [3.05, 3.63) is 51.5 Å². The van der Waals surface area contributed by atoms with Gasteiger partial charge in [0.15, 0.2) is 5.96 Å². The Labute approximate surface area is 163 Å². The maximum Gasteiger partial charge on any atom is 0.248 e. The molecule has 0 saturated carbocycles. The second kappa shape index (κ2) is 10.2. The van der Waals surface area contributed by atoms with E-state index in [4.69, 9.17) is 5.73 Å². The number of hydrogen-bond donors (Lipinski definition) is 3. The second-order valence-electron chi connectivity index (χ2n) is 5.03. The molecule has 8 heteroatoms. The molecule has 24 heavy (non-hydrogen) atoms. The monoisotopic (exact) mass is 459 g/mol. The number of benzene rings is 1. The molecule has 0 aliphatic carbocycles. The molecule has 1 aromatic heterocycles. The Bertz CT molecular complexity index is 701. The van der Waals surface area contributed by atoms with Crippen molar-refractivity contribution < 1.29 is 4.79 Å². The number of aliphatic imine (C=N–C) groups is 1. The summed E-state index contributed by atoms with van der Waals surface area (Å²) in [5, 5.41) is 9.61. The molecular formula is C16H22IN5OS. The van der Waals surface area contributed by atoms with Gasteiger partial charge < -0.3 is 16.4 Å². The van der Waals surface area contributed by atoms with E-state index in [-0.39, 0.29) is 24.0 Å². The highest BCUT2D eigenvalue weighted by atomic mass is 127. The predicted molar refractivity (Wildman–Crippen MR) is 109 cm³/mol. The Balaban J connectivity index is 0.00000288. The minimum absolute atomic E-state index is 0. The summed E-state index contributed by atoms with van der Waals surface area (Å²) in [7, 11) is 1.72. The number of thiazole rings is 1. The summed E-state index contributed by atoms with van der Waals surface area (Å²) in [4.78, 5) is 19.8. The van der Waals surface area contributed by atoms with E-state index in [0.29, 0.717) is 18.1 Å². The fourth-order valence-corrected chi connectivity index (χ4v) is 2.72. The van der Waals surface area contributed by atoms with Crippen LogP contribution in [0.4, 0.5) is 0 Å². The minimum atomic E-state index is -0.423. The highest BCUT2D eigenvalue weighted by molar-refractivity contribution is 14.0. The number of amides is 1. The first-order valence-corrected chi connectivity index (χ1v) is 8.20. The highest BCUT2D eigenvalue weighted by Gasteiger charge is 2.03. The SMILES string of the molecule is CN=C(NCCc1csc(C)n1)NCc1cccc(C(N)=O)c1.I. The Hall–Kier alpha value is -1.68. The van der Waals surface area contributed by atoms with Gasteiger partial charge >= 0.3 is 0 Å². The van der Waals surface area contributed by atoms with E-state index >= 15 is 0 Å². The number of guanidine groups is 1. The van der Waals surface area contributed by atoms with Crippen molar-refractivity contribution in [3.63, 3.8) is 0 Å². The lowest BCUT2D eigenvalue weighted by Crippen LogP contribution is -2.37. The fourth-order valence-electron chi connectivity index (χ4n) is 2.07. The summed E-state index contributed by atoms with van der Waals surface area (Å²) in [6.07, 6.45) is 0.849. The van der Waals surface area contributed by atoms with Crippen molar-refractivity contribution in [1.82, 2.24) is 15.6 Å². The molecule has 2 rings (SSSR count). The molecule has 1 amide bonds. The Morgan fingerprint density at radius 2 is 2.17 bits per heavy atom. The molecular weight excluding hydrogens is 437 g/mol. The Morgan fingerprint density at radius 1 is 1.38 bits per heavy atom. The Kier molecular flexibility index (Phi) is 8.69. The molecule has 1 aromatic carbocycles. The fraction of sp³-hybridized carbons (Fsp3) is 0.312. The summed E-state index contributed by atoms with van der Waals surface area (Å²) in [6.45, 7) is 3.32. The van der Waals surface area contributed by atoms with Crippen molar-refractivity contribution in [2.24, 2.45) is 10.7 Å². The van der Waals surface area contributed by atoms with Gasteiger partial charge in [0.2, 0.25) is 5.91 Å². The Morgan fingerprint density at radius 3 is 2.79 bits per heavy atom. The molecule has 0 radical (unpaired) electrons. The van der Waals surface area contributed by atoms with Crippen LogP contribution < -0.4 is 16.4 Å². The van der Waals surface area contributed by atoms with Gasteiger partial charge in [-0.15, -0.1) is 35.3 Å². The summed E-state index contributed by atoms with van der Waals surface area (Å²) < 4.78 is 0. The van der Waals surface area contributed by atoms with Crippen LogP contribution >= 0.6 is 35.3 Å². The normalized spacial score (nSPS) is 10.8. The standard InChI is InChI=1S/C16H21N5OS.HI/c1-11-21-14(10-23-11)6-7-19-16(18-2)20-9-12-4-3-5-13(8-12)15(17)22;/h3-5,8,10H,6-7,9H2,1-2H3,(H2,17,22)(H2,18,19,20);1H. The van der Waals surface area contributed by atoms with Gasteiger partial charge in [-0.2, -0.15) is 0 Å². The first-order valence-electron chi connectivity index (χ1n) is 7.32. The topological polar surface area (TPSA) is 92.4 Å². The third-order valence-corrected chi connectivity index (χ3v) is 4.06. The van der Waals surface area contributed by atoms with E-state index in [9.17, 15) is 4.79 Å². The molecule has 2 aromatic rings. The zero-order valence-electron chi connectivity index (χ0n) is 13.7. The van der Waals surface area contributed by atoms with E-state index in [2.05, 4.69) is 26.0 Å². The molecule has 6 nitrogen and oxygen atoms in total. The third-order valence-electron chi connectivity index (χ3n) is 3.24. The van der Waals surface area contributed by atoms with Gasteiger partial charge in [0.1, 0.15) is 0 Å². The van der Waals surface area contributed by atoms with Crippen LogP contribution in [0.3, 0.4) is 0 Å². The highest BCUT2D eigenvalue weighted by Crippen LogP contribution is 2.07. The van der Waals surface area contributed by atoms with Crippen molar-refractivity contribution in [2.75, 3.05) is 13.6 Å². The minimum Gasteiger partial charge on any atom is -0.366 e. The van der Waals surface area contributed by atoms with Gasteiger partial charge in [-0.1, -0.05) is 12.1 Å². The summed E-state index contributed by atoms with van der Waals surface area (Å²) in [6, 6.07) is 7.23. The molecule has 0 unspecified atom stereocenters. The summed E-state index contributed by atoms with van der Waals surface area (Å²) >= 11 is 1.66. The number of primary amides is 1. The molecule has 0 saturated heterocycles. The smallest absolute Gasteiger partial charge is 0.248 e. The van der Waals surface area contributed by atoms with Crippen molar-refractivity contribution >= 4 is 47.2 Å². The summed E-state index contributed by atoms with van der Waals surface area (Å²) in [5.74, 6) is 0.286. The summed E-state index contributed by atoms with van der Waals surface area (Å²) in [5.41, 5.74) is 7.85. The largest absolute Gasteiger partial charge is 0.366 e. The van der Waals surface area contributed by atoms with Crippen LogP contribution in [0.15, 0.2) is 34.6 Å². The average molecular weight is 459 g/mol. The first-order chi connectivity index (χ1) is 11.1. The zero-order chi connectivity index (χ0) is 16.7. The van der Waals surface area contributed by atoms with Crippen LogP contribution in [0.25, 0.3) is 0 Å². The van der Waals surface area contributed by atoms with Gasteiger partial charge in [-0.3, -0.25) is 9.79 Å². The quantitative estimate of drug-likeness (QED) is 0.351. The molecule has 130 valence electrons. The number of rotatable bonds is 6. The number of nitrogens with one attached hydrogen (secondary N) is 2. The molecule has 0 spiro atoms. The molecule has 4 N–H and O–H groups in total. The van der Waals surface area contributed by atoms with Crippen molar-refractivity contribution in [1.29, 1.82) is 0 Å². The van der Waals surface area contributed by atoms with Gasteiger partial charge in [-0.25, -0.2) is 4.98 Å². The lowest BCUT2D eigenvalue weighted by molar-refractivity contribution is 0.1000. The number of aromatic nitrogens is 1. The van der Waals surface area contributed by atoms with E-state index < -0.39 is 5.91 Å². The number of nitrogens with two attached hydrogens (primary N) is 1.